The van der Waals surface area contributed by atoms with Crippen molar-refractivity contribution in [3.05, 3.63) is 58.8 Å². The van der Waals surface area contributed by atoms with Gasteiger partial charge in [0.1, 0.15) is 5.65 Å². The second-order valence-corrected chi connectivity index (χ2v) is 5.23. The van der Waals surface area contributed by atoms with Gasteiger partial charge in [-0.2, -0.15) is 13.2 Å². The van der Waals surface area contributed by atoms with Crippen LogP contribution < -0.4 is 0 Å². The number of rotatable bonds is 1. The molecule has 6 heteroatoms. The number of halogens is 4. The maximum Gasteiger partial charge on any atom is 0.417 e. The number of pyridine rings is 1. The zero-order valence-electron chi connectivity index (χ0n) is 10.0. The van der Waals surface area contributed by atoms with E-state index in [0.717, 1.165) is 22.3 Å². The van der Waals surface area contributed by atoms with Crippen LogP contribution in [0.2, 0.25) is 0 Å². The number of fused-ring (bicyclic) bond motifs is 1. The van der Waals surface area contributed by atoms with Gasteiger partial charge >= 0.3 is 6.18 Å². The van der Waals surface area contributed by atoms with Crippen LogP contribution in [0.4, 0.5) is 13.2 Å². The van der Waals surface area contributed by atoms with Crippen molar-refractivity contribution in [1.82, 2.24) is 9.38 Å². The van der Waals surface area contributed by atoms with Gasteiger partial charge in [-0.25, -0.2) is 4.98 Å². The van der Waals surface area contributed by atoms with Gasteiger partial charge in [0.2, 0.25) is 0 Å². The van der Waals surface area contributed by atoms with E-state index in [2.05, 4.69) is 20.9 Å². The molecule has 20 heavy (non-hydrogen) atoms. The lowest BCUT2D eigenvalue weighted by Crippen LogP contribution is -2.05. The molecule has 0 saturated carbocycles. The first-order valence-electron chi connectivity index (χ1n) is 5.75. The Bertz CT molecular complexity index is 777. The maximum atomic E-state index is 12.7. The van der Waals surface area contributed by atoms with Crippen LogP contribution in [0, 0.1) is 0 Å². The molecule has 0 aliphatic carbocycles. The summed E-state index contributed by atoms with van der Waals surface area (Å²) in [6.45, 7) is 0. The first-order chi connectivity index (χ1) is 9.43. The predicted octanol–water partition coefficient (Wildman–Crippen LogP) is 4.78. The molecule has 0 unspecified atom stereocenters. The Morgan fingerprint density at radius 1 is 1.05 bits per heavy atom. The molecular weight excluding hydrogens is 333 g/mol. The fourth-order valence-electron chi connectivity index (χ4n) is 1.95. The van der Waals surface area contributed by atoms with Gasteiger partial charge in [0.25, 0.3) is 0 Å². The Hall–Kier alpha value is -1.82. The Morgan fingerprint density at radius 3 is 2.55 bits per heavy atom. The first-order valence-corrected chi connectivity index (χ1v) is 6.55. The van der Waals surface area contributed by atoms with Crippen LogP contribution in [0.1, 0.15) is 5.56 Å². The first kappa shape index (κ1) is 13.2. The number of hydrogen-bond donors (Lipinski definition) is 0. The molecule has 0 aliphatic heterocycles. The van der Waals surface area contributed by atoms with Crippen molar-refractivity contribution in [3.63, 3.8) is 0 Å². The van der Waals surface area contributed by atoms with Crippen LogP contribution in [0.15, 0.2) is 53.3 Å². The van der Waals surface area contributed by atoms with Crippen LogP contribution in [0.25, 0.3) is 16.9 Å². The molecule has 0 N–H and O–H groups in total. The molecule has 0 amide bonds. The predicted molar refractivity (Wildman–Crippen MR) is 73.3 cm³/mol. The standard InChI is InChI=1S/C14H8BrF3N2/c15-11-3-1-2-9(6-11)12-8-20-7-10(14(16,17)18)4-5-13(20)19-12/h1-8H. The number of benzene rings is 1. The summed E-state index contributed by atoms with van der Waals surface area (Å²) in [5, 5.41) is 0. The molecule has 3 rings (SSSR count). The molecular formula is C14H8BrF3N2. The summed E-state index contributed by atoms with van der Waals surface area (Å²) in [4.78, 5) is 4.32. The van der Waals surface area contributed by atoms with Gasteiger partial charge in [0.05, 0.1) is 11.3 Å². The van der Waals surface area contributed by atoms with E-state index in [1.165, 1.54) is 10.5 Å². The average molecular weight is 341 g/mol. The van der Waals surface area contributed by atoms with E-state index < -0.39 is 11.7 Å². The fourth-order valence-corrected chi connectivity index (χ4v) is 2.35. The van der Waals surface area contributed by atoms with E-state index >= 15 is 0 Å². The highest BCUT2D eigenvalue weighted by Crippen LogP contribution is 2.30. The number of nitrogens with zero attached hydrogens (tertiary/aromatic N) is 2. The monoisotopic (exact) mass is 340 g/mol. The second-order valence-electron chi connectivity index (χ2n) is 4.32. The van der Waals surface area contributed by atoms with Crippen molar-refractivity contribution in [3.8, 4) is 11.3 Å². The van der Waals surface area contributed by atoms with E-state index in [9.17, 15) is 13.2 Å². The Balaban J connectivity index is 2.11. The molecule has 0 fully saturated rings. The van der Waals surface area contributed by atoms with Gasteiger partial charge in [-0.3, -0.25) is 0 Å². The van der Waals surface area contributed by atoms with Crippen molar-refractivity contribution >= 4 is 21.6 Å². The van der Waals surface area contributed by atoms with E-state index in [1.54, 1.807) is 6.20 Å². The lowest BCUT2D eigenvalue weighted by Gasteiger charge is -2.05. The SMILES string of the molecule is FC(F)(F)c1ccc2nc(-c3cccc(Br)c3)cn2c1. The van der Waals surface area contributed by atoms with Gasteiger partial charge < -0.3 is 4.40 Å². The van der Waals surface area contributed by atoms with Gasteiger partial charge in [-0.15, -0.1) is 0 Å². The zero-order valence-corrected chi connectivity index (χ0v) is 11.6. The van der Waals surface area contributed by atoms with Crippen LogP contribution in [0.3, 0.4) is 0 Å². The molecule has 2 aromatic heterocycles. The largest absolute Gasteiger partial charge is 0.417 e. The molecule has 2 nitrogen and oxygen atoms in total. The van der Waals surface area contributed by atoms with Crippen LogP contribution >= 0.6 is 15.9 Å². The van der Waals surface area contributed by atoms with Crippen molar-refractivity contribution in [2.45, 2.75) is 6.18 Å². The molecule has 0 atom stereocenters. The molecule has 0 spiro atoms. The molecule has 1 aromatic carbocycles. The van der Waals surface area contributed by atoms with Gasteiger partial charge in [-0.1, -0.05) is 28.1 Å². The molecule has 102 valence electrons. The number of alkyl halides is 3. The van der Waals surface area contributed by atoms with E-state index in [4.69, 9.17) is 0 Å². The smallest absolute Gasteiger partial charge is 0.306 e. The van der Waals surface area contributed by atoms with Crippen molar-refractivity contribution < 1.29 is 13.2 Å². The Labute approximate surface area is 121 Å². The highest BCUT2D eigenvalue weighted by Gasteiger charge is 2.30. The summed E-state index contributed by atoms with van der Waals surface area (Å²) in [5.74, 6) is 0. The van der Waals surface area contributed by atoms with Crippen LogP contribution in [-0.4, -0.2) is 9.38 Å². The quantitative estimate of drug-likeness (QED) is 0.623. The minimum atomic E-state index is -4.35. The van der Waals surface area contributed by atoms with Crippen LogP contribution in [-0.2, 0) is 6.18 Å². The Morgan fingerprint density at radius 2 is 1.85 bits per heavy atom. The fraction of sp³-hybridized carbons (Fsp3) is 0.0714. The van der Waals surface area contributed by atoms with Gasteiger partial charge in [0, 0.05) is 22.4 Å². The van der Waals surface area contributed by atoms with Gasteiger partial charge in [-0.05, 0) is 24.3 Å². The topological polar surface area (TPSA) is 17.3 Å². The minimum Gasteiger partial charge on any atom is -0.306 e. The normalized spacial score (nSPS) is 12.0. The molecule has 0 radical (unpaired) electrons. The maximum absolute atomic E-state index is 12.7. The minimum absolute atomic E-state index is 0.480. The Kier molecular flexibility index (Phi) is 3.05. The number of imidazole rings is 1. The van der Waals surface area contributed by atoms with Crippen molar-refractivity contribution in [2.24, 2.45) is 0 Å². The molecule has 0 aliphatic rings. The van der Waals surface area contributed by atoms with E-state index in [1.807, 2.05) is 24.3 Å². The summed E-state index contributed by atoms with van der Waals surface area (Å²) in [6, 6.07) is 9.85. The summed E-state index contributed by atoms with van der Waals surface area (Å²) in [6.07, 6.45) is -1.72. The highest BCUT2D eigenvalue weighted by molar-refractivity contribution is 9.10. The second kappa shape index (κ2) is 4.63. The summed E-state index contributed by atoms with van der Waals surface area (Å²) >= 11 is 3.36. The summed E-state index contributed by atoms with van der Waals surface area (Å²) in [5.41, 5.74) is 1.26. The lowest BCUT2D eigenvalue weighted by molar-refractivity contribution is -0.137. The third kappa shape index (κ3) is 2.43. The zero-order chi connectivity index (χ0) is 14.3. The summed E-state index contributed by atoms with van der Waals surface area (Å²) in [7, 11) is 0. The van der Waals surface area contributed by atoms with Crippen molar-refractivity contribution in [2.75, 3.05) is 0 Å². The lowest BCUT2D eigenvalue weighted by atomic mass is 10.2. The molecule has 0 saturated heterocycles. The average Bonchev–Trinajstić information content (AvgIpc) is 2.80. The number of aromatic nitrogens is 2. The van der Waals surface area contributed by atoms with E-state index in [0.29, 0.717) is 11.3 Å². The molecule has 2 heterocycles. The third-order valence-electron chi connectivity index (χ3n) is 2.90. The van der Waals surface area contributed by atoms with Crippen molar-refractivity contribution in [1.29, 1.82) is 0 Å². The van der Waals surface area contributed by atoms with Crippen LogP contribution in [0.5, 0.6) is 0 Å². The number of hydrogen-bond acceptors (Lipinski definition) is 1. The molecule has 3 aromatic rings. The molecule has 0 bridgehead atoms. The third-order valence-corrected chi connectivity index (χ3v) is 3.39. The van der Waals surface area contributed by atoms with Gasteiger partial charge in [0.15, 0.2) is 0 Å². The van der Waals surface area contributed by atoms with E-state index in [-0.39, 0.29) is 0 Å². The summed E-state index contributed by atoms with van der Waals surface area (Å²) < 4.78 is 40.3. The highest BCUT2D eigenvalue weighted by atomic mass is 79.9.